The van der Waals surface area contributed by atoms with Crippen LogP contribution in [-0.4, -0.2) is 35.4 Å². The fourth-order valence-corrected chi connectivity index (χ4v) is 2.58. The van der Waals surface area contributed by atoms with Crippen molar-refractivity contribution in [3.05, 3.63) is 48.0 Å². The molecule has 21 heavy (non-hydrogen) atoms. The van der Waals surface area contributed by atoms with Gasteiger partial charge in [-0.1, -0.05) is 52.3 Å². The van der Waals surface area contributed by atoms with Crippen molar-refractivity contribution in [3.63, 3.8) is 0 Å². The van der Waals surface area contributed by atoms with Crippen LogP contribution in [-0.2, 0) is 0 Å². The predicted octanol–water partition coefficient (Wildman–Crippen LogP) is 4.24. The Morgan fingerprint density at radius 1 is 1.10 bits per heavy atom. The summed E-state index contributed by atoms with van der Waals surface area (Å²) in [5.74, 6) is -0.608. The highest BCUT2D eigenvalue weighted by molar-refractivity contribution is 9.09. The van der Waals surface area contributed by atoms with E-state index in [1.165, 1.54) is 0 Å². The van der Waals surface area contributed by atoms with Crippen LogP contribution in [0, 0.1) is 0 Å². The van der Waals surface area contributed by atoms with Gasteiger partial charge in [-0.15, -0.1) is 0 Å². The summed E-state index contributed by atoms with van der Waals surface area (Å²) in [5.41, 5.74) is 0.290. The van der Waals surface area contributed by atoms with E-state index in [9.17, 15) is 18.0 Å². The molecule has 0 atom stereocenters. The van der Waals surface area contributed by atoms with Crippen LogP contribution in [0.4, 0.5) is 13.2 Å². The van der Waals surface area contributed by atoms with Gasteiger partial charge in [0.1, 0.15) is 6.54 Å². The fraction of sp³-hybridized carbons (Fsp3) is 0.267. The average molecular weight is 360 g/mol. The van der Waals surface area contributed by atoms with Crippen molar-refractivity contribution in [2.75, 3.05) is 18.4 Å². The van der Waals surface area contributed by atoms with E-state index in [2.05, 4.69) is 15.9 Å². The Balaban J connectivity index is 2.39. The molecular formula is C15H13BrF3NO. The van der Waals surface area contributed by atoms with Gasteiger partial charge in [0.2, 0.25) is 0 Å². The minimum Gasteiger partial charge on any atom is -0.329 e. The van der Waals surface area contributed by atoms with Crippen LogP contribution in [0.1, 0.15) is 10.4 Å². The van der Waals surface area contributed by atoms with Crippen molar-refractivity contribution in [1.82, 2.24) is 4.90 Å². The minimum absolute atomic E-state index is 0.00155. The minimum atomic E-state index is -4.41. The summed E-state index contributed by atoms with van der Waals surface area (Å²) in [5, 5.41) is 1.78. The lowest BCUT2D eigenvalue weighted by Gasteiger charge is -2.23. The van der Waals surface area contributed by atoms with Crippen molar-refractivity contribution >= 4 is 32.6 Å². The molecule has 0 fully saturated rings. The van der Waals surface area contributed by atoms with Crippen LogP contribution in [0.5, 0.6) is 0 Å². The zero-order valence-corrected chi connectivity index (χ0v) is 12.6. The summed E-state index contributed by atoms with van der Waals surface area (Å²) in [7, 11) is 0. The summed E-state index contributed by atoms with van der Waals surface area (Å²) >= 11 is 3.09. The molecule has 0 aliphatic carbocycles. The average Bonchev–Trinajstić information content (AvgIpc) is 2.44. The molecule has 0 spiro atoms. The number of hydrogen-bond acceptors (Lipinski definition) is 1. The number of alkyl halides is 4. The van der Waals surface area contributed by atoms with Gasteiger partial charge in [0, 0.05) is 17.4 Å². The van der Waals surface area contributed by atoms with E-state index in [0.717, 1.165) is 10.3 Å². The number of fused-ring (bicyclic) bond motifs is 1. The highest BCUT2D eigenvalue weighted by Crippen LogP contribution is 2.23. The lowest BCUT2D eigenvalue weighted by molar-refractivity contribution is -0.140. The number of carbonyl (C=O) groups excluding carboxylic acids is 1. The summed E-state index contributed by atoms with van der Waals surface area (Å²) in [4.78, 5) is 13.2. The number of rotatable bonds is 4. The smallest absolute Gasteiger partial charge is 0.329 e. The Morgan fingerprint density at radius 2 is 1.76 bits per heavy atom. The van der Waals surface area contributed by atoms with Crippen LogP contribution in [0.3, 0.4) is 0 Å². The summed E-state index contributed by atoms with van der Waals surface area (Å²) in [6, 6.07) is 12.2. The van der Waals surface area contributed by atoms with Crippen LogP contribution in [0.15, 0.2) is 42.5 Å². The molecular weight excluding hydrogens is 347 g/mol. The van der Waals surface area contributed by atoms with Gasteiger partial charge in [-0.2, -0.15) is 13.2 Å². The molecule has 112 valence electrons. The van der Waals surface area contributed by atoms with Crippen molar-refractivity contribution in [1.29, 1.82) is 0 Å². The van der Waals surface area contributed by atoms with E-state index in [1.54, 1.807) is 24.3 Å². The maximum atomic E-state index is 12.6. The quantitative estimate of drug-likeness (QED) is 0.747. The summed E-state index contributed by atoms with van der Waals surface area (Å²) in [6.45, 7) is -1.25. The first-order valence-corrected chi connectivity index (χ1v) is 7.44. The first kappa shape index (κ1) is 15.8. The van der Waals surface area contributed by atoms with E-state index in [0.29, 0.717) is 16.3 Å². The summed E-state index contributed by atoms with van der Waals surface area (Å²) < 4.78 is 37.8. The number of benzene rings is 2. The SMILES string of the molecule is O=C(c1cccc2ccccc12)N(CCBr)CC(F)(F)F. The second kappa shape index (κ2) is 6.47. The highest BCUT2D eigenvalue weighted by Gasteiger charge is 2.33. The van der Waals surface area contributed by atoms with E-state index in [4.69, 9.17) is 0 Å². The van der Waals surface area contributed by atoms with E-state index in [-0.39, 0.29) is 6.54 Å². The molecule has 2 rings (SSSR count). The van der Waals surface area contributed by atoms with Crippen LogP contribution in [0.2, 0.25) is 0 Å². The molecule has 0 saturated carbocycles. The Kier molecular flexibility index (Phi) is 4.88. The Hall–Kier alpha value is -1.56. The van der Waals surface area contributed by atoms with Gasteiger partial charge in [0.25, 0.3) is 5.91 Å². The number of carbonyl (C=O) groups is 1. The van der Waals surface area contributed by atoms with Crippen LogP contribution in [0.25, 0.3) is 10.8 Å². The molecule has 0 saturated heterocycles. The van der Waals surface area contributed by atoms with Crippen molar-refractivity contribution < 1.29 is 18.0 Å². The largest absolute Gasteiger partial charge is 0.406 e. The van der Waals surface area contributed by atoms with Gasteiger partial charge < -0.3 is 4.90 Å². The molecule has 0 radical (unpaired) electrons. The van der Waals surface area contributed by atoms with Gasteiger partial charge in [0.15, 0.2) is 0 Å². The molecule has 0 heterocycles. The normalized spacial score (nSPS) is 11.6. The maximum absolute atomic E-state index is 12.6. The molecule has 1 amide bonds. The van der Waals surface area contributed by atoms with E-state index >= 15 is 0 Å². The van der Waals surface area contributed by atoms with Gasteiger partial charge in [-0.05, 0) is 16.8 Å². The third-order valence-electron chi connectivity index (χ3n) is 3.03. The molecule has 0 aliphatic rings. The molecule has 0 aliphatic heterocycles. The highest BCUT2D eigenvalue weighted by atomic mass is 79.9. The number of nitrogens with zero attached hydrogens (tertiary/aromatic N) is 1. The van der Waals surface area contributed by atoms with Crippen LogP contribution >= 0.6 is 15.9 Å². The molecule has 0 bridgehead atoms. The van der Waals surface area contributed by atoms with Crippen molar-refractivity contribution in [2.24, 2.45) is 0 Å². The second-order valence-corrected chi connectivity index (χ2v) is 5.35. The monoisotopic (exact) mass is 359 g/mol. The standard InChI is InChI=1S/C15H13BrF3NO/c16-8-9-20(10-15(17,18)19)14(21)13-7-3-5-11-4-1-2-6-12(11)13/h1-7H,8-10H2. The third kappa shape index (κ3) is 3.97. The maximum Gasteiger partial charge on any atom is 0.406 e. The lowest BCUT2D eigenvalue weighted by atomic mass is 10.0. The molecule has 2 nitrogen and oxygen atoms in total. The van der Waals surface area contributed by atoms with Gasteiger partial charge in [-0.3, -0.25) is 4.79 Å². The molecule has 0 N–H and O–H groups in total. The summed E-state index contributed by atoms with van der Waals surface area (Å²) in [6.07, 6.45) is -4.41. The lowest BCUT2D eigenvalue weighted by Crippen LogP contribution is -2.40. The molecule has 0 aromatic heterocycles. The second-order valence-electron chi connectivity index (χ2n) is 4.56. The number of amides is 1. The predicted molar refractivity (Wildman–Crippen MR) is 79.7 cm³/mol. The topological polar surface area (TPSA) is 20.3 Å². The van der Waals surface area contributed by atoms with E-state index in [1.807, 2.05) is 18.2 Å². The van der Waals surface area contributed by atoms with Gasteiger partial charge >= 0.3 is 6.18 Å². The molecule has 2 aromatic rings. The van der Waals surface area contributed by atoms with Gasteiger partial charge in [0.05, 0.1) is 0 Å². The fourth-order valence-electron chi connectivity index (χ4n) is 2.15. The zero-order chi connectivity index (χ0) is 15.5. The van der Waals surface area contributed by atoms with Crippen LogP contribution < -0.4 is 0 Å². The first-order chi connectivity index (χ1) is 9.92. The number of halogens is 4. The van der Waals surface area contributed by atoms with E-state index < -0.39 is 18.6 Å². The Bertz CT molecular complexity index is 637. The Labute approximate surface area is 128 Å². The zero-order valence-electron chi connectivity index (χ0n) is 11.0. The van der Waals surface area contributed by atoms with Gasteiger partial charge in [-0.25, -0.2) is 0 Å². The third-order valence-corrected chi connectivity index (χ3v) is 3.39. The first-order valence-electron chi connectivity index (χ1n) is 6.32. The molecule has 2 aromatic carbocycles. The molecule has 6 heteroatoms. The number of hydrogen-bond donors (Lipinski definition) is 0. The molecule has 0 unspecified atom stereocenters. The van der Waals surface area contributed by atoms with Crippen molar-refractivity contribution in [3.8, 4) is 0 Å². The Morgan fingerprint density at radius 3 is 2.43 bits per heavy atom. The van der Waals surface area contributed by atoms with Crippen molar-refractivity contribution in [2.45, 2.75) is 6.18 Å².